The van der Waals surface area contributed by atoms with E-state index in [0.29, 0.717) is 0 Å². The summed E-state index contributed by atoms with van der Waals surface area (Å²) in [6, 6.07) is 14.8. The monoisotopic (exact) mass is 325 g/mol. The first-order chi connectivity index (χ1) is 11.5. The number of aryl methyl sites for hydroxylation is 1. The molecule has 24 heavy (non-hydrogen) atoms. The Morgan fingerprint density at radius 1 is 1.04 bits per heavy atom. The van der Waals surface area contributed by atoms with Crippen LogP contribution in [0.2, 0.25) is 0 Å². The van der Waals surface area contributed by atoms with Crippen molar-refractivity contribution in [3.05, 3.63) is 59.7 Å². The van der Waals surface area contributed by atoms with Gasteiger partial charge in [-0.2, -0.15) is 0 Å². The van der Waals surface area contributed by atoms with E-state index in [1.165, 1.54) is 6.92 Å². The molecule has 0 aliphatic carbocycles. The van der Waals surface area contributed by atoms with Crippen molar-refractivity contribution < 1.29 is 19.1 Å². The van der Waals surface area contributed by atoms with Gasteiger partial charge in [0.05, 0.1) is 7.11 Å². The standard InChI is InChI=1S/C19H19NO4/c1-12-4-6-14(7-5-12)17-18(24-13(2)21)19(22)20(17)15-8-10-16(23-3)11-9-15/h4-11,17-18H,1-3H3/t17-,18-/m0/s1. The minimum atomic E-state index is -0.785. The van der Waals surface area contributed by atoms with Crippen LogP contribution < -0.4 is 9.64 Å². The van der Waals surface area contributed by atoms with Gasteiger partial charge < -0.3 is 9.47 Å². The summed E-state index contributed by atoms with van der Waals surface area (Å²) in [6.07, 6.45) is -0.785. The number of nitrogens with zero attached hydrogens (tertiary/aromatic N) is 1. The predicted octanol–water partition coefficient (Wildman–Crippen LogP) is 3.02. The number of benzene rings is 2. The maximum Gasteiger partial charge on any atom is 0.303 e. The molecule has 1 saturated heterocycles. The molecule has 0 radical (unpaired) electrons. The van der Waals surface area contributed by atoms with Crippen LogP contribution in [0.5, 0.6) is 5.75 Å². The lowest BCUT2D eigenvalue weighted by Gasteiger charge is -2.46. The van der Waals surface area contributed by atoms with Crippen LogP contribution in [0.1, 0.15) is 24.1 Å². The Balaban J connectivity index is 1.95. The fourth-order valence-corrected chi connectivity index (χ4v) is 2.87. The van der Waals surface area contributed by atoms with Crippen molar-refractivity contribution in [2.24, 2.45) is 0 Å². The molecule has 2 aromatic carbocycles. The van der Waals surface area contributed by atoms with Gasteiger partial charge in [-0.3, -0.25) is 14.5 Å². The zero-order chi connectivity index (χ0) is 17.3. The minimum Gasteiger partial charge on any atom is -0.497 e. The highest BCUT2D eigenvalue weighted by Crippen LogP contribution is 2.41. The number of hydrogen-bond acceptors (Lipinski definition) is 4. The van der Waals surface area contributed by atoms with E-state index in [4.69, 9.17) is 9.47 Å². The van der Waals surface area contributed by atoms with Gasteiger partial charge in [0.2, 0.25) is 6.10 Å². The molecule has 124 valence electrons. The number of β-lactam (4-membered cyclic amide) rings is 1. The zero-order valence-corrected chi connectivity index (χ0v) is 13.9. The molecule has 1 aliphatic heterocycles. The van der Waals surface area contributed by atoms with Crippen LogP contribution in [0.4, 0.5) is 5.69 Å². The highest BCUT2D eigenvalue weighted by Gasteiger charge is 2.51. The molecule has 2 atom stereocenters. The van der Waals surface area contributed by atoms with Crippen LogP contribution in [0, 0.1) is 6.92 Å². The predicted molar refractivity (Wildman–Crippen MR) is 90.0 cm³/mol. The molecular formula is C19H19NO4. The molecular weight excluding hydrogens is 306 g/mol. The van der Waals surface area contributed by atoms with E-state index in [2.05, 4.69) is 0 Å². The van der Waals surface area contributed by atoms with Crippen LogP contribution in [0.3, 0.4) is 0 Å². The van der Waals surface area contributed by atoms with Crippen molar-refractivity contribution in [2.75, 3.05) is 12.0 Å². The molecule has 3 rings (SSSR count). The highest BCUT2D eigenvalue weighted by atomic mass is 16.6. The summed E-state index contributed by atoms with van der Waals surface area (Å²) in [5.41, 5.74) is 2.81. The van der Waals surface area contributed by atoms with Gasteiger partial charge in [-0.05, 0) is 36.8 Å². The maximum absolute atomic E-state index is 12.5. The van der Waals surface area contributed by atoms with Crippen LogP contribution in [0.25, 0.3) is 0 Å². The highest BCUT2D eigenvalue weighted by molar-refractivity contribution is 6.06. The maximum atomic E-state index is 12.5. The first-order valence-electron chi connectivity index (χ1n) is 7.72. The molecule has 2 aromatic rings. The van der Waals surface area contributed by atoms with Gasteiger partial charge in [0.25, 0.3) is 5.91 Å². The van der Waals surface area contributed by atoms with Crippen molar-refractivity contribution >= 4 is 17.6 Å². The Morgan fingerprint density at radius 2 is 1.67 bits per heavy atom. The van der Waals surface area contributed by atoms with E-state index in [-0.39, 0.29) is 11.9 Å². The summed E-state index contributed by atoms with van der Waals surface area (Å²) in [4.78, 5) is 25.5. The van der Waals surface area contributed by atoms with Gasteiger partial charge >= 0.3 is 5.97 Å². The smallest absolute Gasteiger partial charge is 0.303 e. The molecule has 1 fully saturated rings. The fourth-order valence-electron chi connectivity index (χ4n) is 2.87. The number of ether oxygens (including phenoxy) is 2. The third-order valence-electron chi connectivity index (χ3n) is 4.11. The molecule has 0 spiro atoms. The Labute approximate surface area is 140 Å². The van der Waals surface area contributed by atoms with Crippen molar-refractivity contribution in [2.45, 2.75) is 26.0 Å². The number of carbonyl (C=O) groups excluding carboxylic acids is 2. The third-order valence-corrected chi connectivity index (χ3v) is 4.11. The van der Waals surface area contributed by atoms with Gasteiger partial charge in [-0.25, -0.2) is 0 Å². The van der Waals surface area contributed by atoms with Crippen molar-refractivity contribution in [3.63, 3.8) is 0 Å². The van der Waals surface area contributed by atoms with Crippen molar-refractivity contribution in [3.8, 4) is 5.75 Å². The summed E-state index contributed by atoms with van der Waals surface area (Å²) < 4.78 is 10.4. The van der Waals surface area contributed by atoms with Crippen LogP contribution in [0.15, 0.2) is 48.5 Å². The van der Waals surface area contributed by atoms with E-state index in [1.54, 1.807) is 24.1 Å². The average Bonchev–Trinajstić information content (AvgIpc) is 2.58. The number of esters is 1. The second-order valence-electron chi connectivity index (χ2n) is 5.79. The topological polar surface area (TPSA) is 55.8 Å². The Kier molecular flexibility index (Phi) is 4.25. The molecule has 1 aliphatic rings. The van der Waals surface area contributed by atoms with Gasteiger partial charge in [0, 0.05) is 12.6 Å². The van der Waals surface area contributed by atoms with Gasteiger partial charge in [-0.1, -0.05) is 29.8 Å². The number of rotatable bonds is 4. The zero-order valence-electron chi connectivity index (χ0n) is 13.9. The quantitative estimate of drug-likeness (QED) is 0.640. The molecule has 0 saturated carbocycles. The number of methoxy groups -OCH3 is 1. The van der Waals surface area contributed by atoms with Crippen LogP contribution in [-0.2, 0) is 14.3 Å². The van der Waals surface area contributed by atoms with Crippen LogP contribution >= 0.6 is 0 Å². The van der Waals surface area contributed by atoms with E-state index in [1.807, 2.05) is 43.3 Å². The Morgan fingerprint density at radius 3 is 2.21 bits per heavy atom. The van der Waals surface area contributed by atoms with Gasteiger partial charge in [0.1, 0.15) is 11.8 Å². The van der Waals surface area contributed by atoms with E-state index >= 15 is 0 Å². The molecule has 1 heterocycles. The lowest BCUT2D eigenvalue weighted by molar-refractivity contribution is -0.160. The normalized spacial score (nSPS) is 19.6. The molecule has 5 nitrogen and oxygen atoms in total. The molecule has 1 amide bonds. The third kappa shape index (κ3) is 2.85. The lowest BCUT2D eigenvalue weighted by atomic mass is 9.89. The average molecular weight is 325 g/mol. The fraction of sp³-hybridized carbons (Fsp3) is 0.263. The van der Waals surface area contributed by atoms with Gasteiger partial charge in [-0.15, -0.1) is 0 Å². The second-order valence-corrected chi connectivity index (χ2v) is 5.79. The number of carbonyl (C=O) groups is 2. The van der Waals surface area contributed by atoms with Crippen LogP contribution in [-0.4, -0.2) is 25.1 Å². The first kappa shape index (κ1) is 16.1. The molecule has 0 unspecified atom stereocenters. The summed E-state index contributed by atoms with van der Waals surface area (Å²) in [5.74, 6) is 0.0379. The lowest BCUT2D eigenvalue weighted by Crippen LogP contribution is -2.60. The largest absolute Gasteiger partial charge is 0.497 e. The van der Waals surface area contributed by atoms with E-state index < -0.39 is 12.1 Å². The number of anilines is 1. The minimum absolute atomic E-state index is 0.221. The summed E-state index contributed by atoms with van der Waals surface area (Å²) in [5, 5.41) is 0. The SMILES string of the molecule is COc1ccc(N2C(=O)[C@@H](OC(C)=O)[C@@H]2c2ccc(C)cc2)cc1. The van der Waals surface area contributed by atoms with Crippen molar-refractivity contribution in [1.82, 2.24) is 0 Å². The summed E-state index contributed by atoms with van der Waals surface area (Å²) in [6.45, 7) is 3.32. The first-order valence-corrected chi connectivity index (χ1v) is 7.72. The Bertz CT molecular complexity index is 752. The Hall–Kier alpha value is -2.82. The summed E-state index contributed by atoms with van der Waals surface area (Å²) >= 11 is 0. The number of amides is 1. The van der Waals surface area contributed by atoms with Gasteiger partial charge in [0.15, 0.2) is 0 Å². The summed E-state index contributed by atoms with van der Waals surface area (Å²) in [7, 11) is 1.59. The molecule has 0 N–H and O–H groups in total. The number of hydrogen-bond donors (Lipinski definition) is 0. The molecule has 0 bridgehead atoms. The van der Waals surface area contributed by atoms with Crippen molar-refractivity contribution in [1.29, 1.82) is 0 Å². The van der Waals surface area contributed by atoms with E-state index in [9.17, 15) is 9.59 Å². The second kappa shape index (κ2) is 6.35. The van der Waals surface area contributed by atoms with E-state index in [0.717, 1.165) is 22.6 Å². The molecule has 0 aromatic heterocycles. The molecule has 5 heteroatoms.